The normalized spacial score (nSPS) is 15.5. The molecule has 0 aromatic carbocycles. The summed E-state index contributed by atoms with van der Waals surface area (Å²) in [6.45, 7) is 4.48. The van der Waals surface area contributed by atoms with Crippen molar-refractivity contribution >= 4 is 29.9 Å². The Morgan fingerprint density at radius 2 is 2.09 bits per heavy atom. The van der Waals surface area contributed by atoms with E-state index < -0.39 is 0 Å². The van der Waals surface area contributed by atoms with Crippen LogP contribution in [0.4, 0.5) is 0 Å². The van der Waals surface area contributed by atoms with Crippen molar-refractivity contribution in [3.05, 3.63) is 12.2 Å². The molecule has 1 aliphatic rings. The molecule has 0 radical (unpaired) electrons. The second kappa shape index (κ2) is 11.6. The topological polar surface area (TPSA) is 67.1 Å². The minimum absolute atomic E-state index is 0. The largest absolute Gasteiger partial charge is 0.357 e. The van der Waals surface area contributed by atoms with E-state index in [1.807, 2.05) is 7.05 Å². The van der Waals surface area contributed by atoms with Crippen molar-refractivity contribution in [2.24, 2.45) is 18.0 Å². The highest BCUT2D eigenvalue weighted by atomic mass is 127. The highest BCUT2D eigenvalue weighted by molar-refractivity contribution is 14.0. The van der Waals surface area contributed by atoms with Gasteiger partial charge in [-0.25, -0.2) is 9.98 Å². The van der Waals surface area contributed by atoms with Crippen LogP contribution < -0.4 is 10.6 Å². The van der Waals surface area contributed by atoms with Crippen LogP contribution in [-0.2, 0) is 13.6 Å². The molecule has 1 aliphatic carbocycles. The zero-order chi connectivity index (χ0) is 15.6. The van der Waals surface area contributed by atoms with Gasteiger partial charge in [-0.1, -0.05) is 38.5 Å². The number of aliphatic imine (C=N–C) groups is 1. The molecule has 2 rings (SSSR count). The SMILES string of the molecule is CCNC(=NCc1ncnn1C)NCCCCC1CCCC1.I. The van der Waals surface area contributed by atoms with Crippen molar-refractivity contribution in [2.45, 2.75) is 58.4 Å². The van der Waals surface area contributed by atoms with E-state index in [1.165, 1.54) is 44.9 Å². The summed E-state index contributed by atoms with van der Waals surface area (Å²) in [5.74, 6) is 2.74. The van der Waals surface area contributed by atoms with Gasteiger partial charge in [-0.2, -0.15) is 5.10 Å². The van der Waals surface area contributed by atoms with Crippen LogP contribution in [0.25, 0.3) is 0 Å². The van der Waals surface area contributed by atoms with Crippen molar-refractivity contribution in [1.82, 2.24) is 25.4 Å². The molecule has 1 saturated carbocycles. The molecule has 6 nitrogen and oxygen atoms in total. The number of aromatic nitrogens is 3. The number of unbranched alkanes of at least 4 members (excludes halogenated alkanes) is 1. The fourth-order valence-electron chi connectivity index (χ4n) is 3.02. The Balaban J connectivity index is 0.00000264. The number of hydrogen-bond donors (Lipinski definition) is 2. The van der Waals surface area contributed by atoms with E-state index in [4.69, 9.17) is 0 Å². The molecule has 2 N–H and O–H groups in total. The first-order valence-corrected chi connectivity index (χ1v) is 8.64. The molecule has 0 aliphatic heterocycles. The van der Waals surface area contributed by atoms with Crippen LogP contribution in [0.1, 0.15) is 57.7 Å². The highest BCUT2D eigenvalue weighted by Crippen LogP contribution is 2.28. The van der Waals surface area contributed by atoms with Crippen LogP contribution in [0.15, 0.2) is 11.3 Å². The first-order valence-electron chi connectivity index (χ1n) is 8.64. The van der Waals surface area contributed by atoms with Gasteiger partial charge in [0.05, 0.1) is 0 Å². The summed E-state index contributed by atoms with van der Waals surface area (Å²) in [4.78, 5) is 8.75. The lowest BCUT2D eigenvalue weighted by Gasteiger charge is -2.12. The maximum absolute atomic E-state index is 4.56. The van der Waals surface area contributed by atoms with Crippen molar-refractivity contribution in [1.29, 1.82) is 0 Å². The van der Waals surface area contributed by atoms with Crippen LogP contribution in [0.5, 0.6) is 0 Å². The monoisotopic (exact) mass is 434 g/mol. The molecule has 0 spiro atoms. The molecule has 0 bridgehead atoms. The molecule has 7 heteroatoms. The van der Waals surface area contributed by atoms with Gasteiger partial charge in [0.2, 0.25) is 0 Å². The van der Waals surface area contributed by atoms with Gasteiger partial charge >= 0.3 is 0 Å². The Morgan fingerprint density at radius 1 is 1.30 bits per heavy atom. The number of halogens is 1. The highest BCUT2D eigenvalue weighted by Gasteiger charge is 2.13. The summed E-state index contributed by atoms with van der Waals surface area (Å²) in [6, 6.07) is 0. The summed E-state index contributed by atoms with van der Waals surface area (Å²) in [6.07, 6.45) is 11.3. The predicted octanol–water partition coefficient (Wildman–Crippen LogP) is 2.85. The smallest absolute Gasteiger partial charge is 0.191 e. The molecule has 0 saturated heterocycles. The number of rotatable bonds is 8. The number of nitrogens with one attached hydrogen (secondary N) is 2. The maximum atomic E-state index is 4.56. The summed E-state index contributed by atoms with van der Waals surface area (Å²) in [5, 5.41) is 10.7. The molecule has 132 valence electrons. The lowest BCUT2D eigenvalue weighted by molar-refractivity contribution is 0.472. The third-order valence-corrected chi connectivity index (χ3v) is 4.33. The van der Waals surface area contributed by atoms with Crippen LogP contribution in [0.2, 0.25) is 0 Å². The number of aryl methyl sites for hydroxylation is 1. The zero-order valence-electron chi connectivity index (χ0n) is 14.4. The third-order valence-electron chi connectivity index (χ3n) is 4.33. The summed E-state index contributed by atoms with van der Waals surface area (Å²) >= 11 is 0. The first kappa shape index (κ1) is 20.2. The molecular formula is C16H31IN6. The van der Waals surface area contributed by atoms with Crippen molar-refractivity contribution < 1.29 is 0 Å². The Hall–Kier alpha value is -0.860. The first-order chi connectivity index (χ1) is 10.8. The zero-order valence-corrected chi connectivity index (χ0v) is 16.8. The van der Waals surface area contributed by atoms with E-state index in [-0.39, 0.29) is 24.0 Å². The van der Waals surface area contributed by atoms with E-state index in [2.05, 4.69) is 32.6 Å². The van der Waals surface area contributed by atoms with Gasteiger partial charge in [0, 0.05) is 20.1 Å². The number of nitrogens with zero attached hydrogens (tertiary/aromatic N) is 4. The lowest BCUT2D eigenvalue weighted by atomic mass is 10.0. The fraction of sp³-hybridized carbons (Fsp3) is 0.812. The van der Waals surface area contributed by atoms with Crippen LogP contribution >= 0.6 is 24.0 Å². The van der Waals surface area contributed by atoms with Gasteiger partial charge < -0.3 is 10.6 Å². The van der Waals surface area contributed by atoms with Crippen molar-refractivity contribution in [3.63, 3.8) is 0 Å². The summed E-state index contributed by atoms with van der Waals surface area (Å²) in [5.41, 5.74) is 0. The molecule has 1 heterocycles. The Morgan fingerprint density at radius 3 is 2.74 bits per heavy atom. The number of guanidine groups is 1. The molecular weight excluding hydrogens is 403 g/mol. The predicted molar refractivity (Wildman–Crippen MR) is 105 cm³/mol. The van der Waals surface area contributed by atoms with Gasteiger partial charge in [-0.3, -0.25) is 4.68 Å². The average molecular weight is 434 g/mol. The third kappa shape index (κ3) is 7.50. The van der Waals surface area contributed by atoms with Crippen molar-refractivity contribution in [3.8, 4) is 0 Å². The summed E-state index contributed by atoms with van der Waals surface area (Å²) < 4.78 is 1.76. The Labute approximate surface area is 157 Å². The molecule has 1 aromatic rings. The number of hydrogen-bond acceptors (Lipinski definition) is 3. The van der Waals surface area contributed by atoms with Gasteiger partial charge in [-0.05, 0) is 19.3 Å². The van der Waals surface area contributed by atoms with Gasteiger partial charge in [0.15, 0.2) is 5.96 Å². The van der Waals surface area contributed by atoms with Crippen LogP contribution in [0.3, 0.4) is 0 Å². The average Bonchev–Trinajstić information content (AvgIpc) is 3.16. The molecule has 1 aromatic heterocycles. The minimum atomic E-state index is 0. The van der Waals surface area contributed by atoms with E-state index in [1.54, 1.807) is 11.0 Å². The fourth-order valence-corrected chi connectivity index (χ4v) is 3.02. The van der Waals surface area contributed by atoms with Crippen molar-refractivity contribution in [2.75, 3.05) is 13.1 Å². The van der Waals surface area contributed by atoms with Crippen LogP contribution in [0, 0.1) is 5.92 Å². The van der Waals surface area contributed by atoms with E-state index >= 15 is 0 Å². The lowest BCUT2D eigenvalue weighted by Crippen LogP contribution is -2.37. The van der Waals surface area contributed by atoms with E-state index in [0.717, 1.165) is 30.8 Å². The Kier molecular flexibility index (Phi) is 10.2. The molecule has 23 heavy (non-hydrogen) atoms. The van der Waals surface area contributed by atoms with E-state index in [9.17, 15) is 0 Å². The second-order valence-corrected chi connectivity index (χ2v) is 6.07. The minimum Gasteiger partial charge on any atom is -0.357 e. The van der Waals surface area contributed by atoms with Gasteiger partial charge in [0.1, 0.15) is 18.7 Å². The van der Waals surface area contributed by atoms with Gasteiger partial charge in [-0.15, -0.1) is 24.0 Å². The maximum Gasteiger partial charge on any atom is 0.191 e. The molecule has 0 atom stereocenters. The molecule has 0 unspecified atom stereocenters. The summed E-state index contributed by atoms with van der Waals surface area (Å²) in [7, 11) is 1.89. The molecule has 1 fully saturated rings. The second-order valence-electron chi connectivity index (χ2n) is 6.07. The Bertz CT molecular complexity index is 453. The quantitative estimate of drug-likeness (QED) is 0.286. The molecule has 0 amide bonds. The standard InChI is InChI=1S/C16H30N6.HI/c1-3-17-16(19-12-15-20-13-21-22(15)2)18-11-7-6-10-14-8-4-5-9-14;/h13-14H,3-12H2,1-2H3,(H2,17,18,19);1H. The van der Waals surface area contributed by atoms with Gasteiger partial charge in [0.25, 0.3) is 0 Å². The van der Waals surface area contributed by atoms with Crippen LogP contribution in [-0.4, -0.2) is 33.8 Å². The van der Waals surface area contributed by atoms with E-state index in [0.29, 0.717) is 6.54 Å².